The summed E-state index contributed by atoms with van der Waals surface area (Å²) in [6, 6.07) is 0. The topological polar surface area (TPSA) is 0 Å². The van der Waals surface area contributed by atoms with Gasteiger partial charge in [-0.05, 0) is 11.6 Å². The van der Waals surface area contributed by atoms with E-state index in [2.05, 4.69) is 6.58 Å². The lowest BCUT2D eigenvalue weighted by Crippen LogP contribution is -1.97. The summed E-state index contributed by atoms with van der Waals surface area (Å²) < 4.78 is 0. The molecule has 0 amide bonds. The molecule has 0 aromatic rings. The van der Waals surface area contributed by atoms with Gasteiger partial charge in [0.1, 0.15) is 0 Å². The number of hydrogen-bond donors (Lipinski definition) is 0. The molecule has 0 radical (unpaired) electrons. The van der Waals surface area contributed by atoms with Crippen LogP contribution in [-0.4, -0.2) is 5.38 Å². The first-order valence-electron chi connectivity index (χ1n) is 2.58. The summed E-state index contributed by atoms with van der Waals surface area (Å²) >= 11 is 11.4. The van der Waals surface area contributed by atoms with E-state index in [9.17, 15) is 0 Å². The monoisotopic (exact) mass is 160 g/mol. The van der Waals surface area contributed by atoms with E-state index >= 15 is 0 Å². The van der Waals surface area contributed by atoms with Crippen LogP contribution in [0.5, 0.6) is 0 Å². The van der Waals surface area contributed by atoms with Crippen LogP contribution in [0.1, 0.15) is 0 Å². The zero-order chi connectivity index (χ0) is 6.85. The van der Waals surface area contributed by atoms with Crippen LogP contribution >= 0.6 is 23.2 Å². The minimum atomic E-state index is -0.155. The molecule has 0 saturated carbocycles. The van der Waals surface area contributed by atoms with Crippen LogP contribution in [0.15, 0.2) is 35.4 Å². The zero-order valence-electron chi connectivity index (χ0n) is 4.77. The second-order valence-corrected chi connectivity index (χ2v) is 2.77. The third kappa shape index (κ3) is 1.60. The van der Waals surface area contributed by atoms with Crippen molar-refractivity contribution in [2.24, 2.45) is 0 Å². The van der Waals surface area contributed by atoms with E-state index in [-0.39, 0.29) is 5.38 Å². The Morgan fingerprint density at radius 2 is 2.22 bits per heavy atom. The van der Waals surface area contributed by atoms with Crippen molar-refractivity contribution >= 4 is 23.2 Å². The van der Waals surface area contributed by atoms with Crippen LogP contribution in [0, 0.1) is 0 Å². The van der Waals surface area contributed by atoms with Crippen molar-refractivity contribution < 1.29 is 0 Å². The van der Waals surface area contributed by atoms with Gasteiger partial charge < -0.3 is 0 Å². The molecule has 0 aromatic carbocycles. The lowest BCUT2D eigenvalue weighted by atomic mass is 10.1. The van der Waals surface area contributed by atoms with Gasteiger partial charge in [0.25, 0.3) is 0 Å². The number of halogens is 2. The van der Waals surface area contributed by atoms with Gasteiger partial charge in [0.05, 0.1) is 5.38 Å². The van der Waals surface area contributed by atoms with Gasteiger partial charge in [-0.1, -0.05) is 30.3 Å². The molecule has 0 aromatic heterocycles. The molecule has 1 aliphatic carbocycles. The van der Waals surface area contributed by atoms with E-state index in [4.69, 9.17) is 23.2 Å². The maximum atomic E-state index is 5.70. The van der Waals surface area contributed by atoms with Crippen LogP contribution in [-0.2, 0) is 0 Å². The van der Waals surface area contributed by atoms with Gasteiger partial charge >= 0.3 is 0 Å². The quantitative estimate of drug-likeness (QED) is 0.479. The summed E-state index contributed by atoms with van der Waals surface area (Å²) in [7, 11) is 0. The van der Waals surface area contributed by atoms with Gasteiger partial charge in [-0.25, -0.2) is 0 Å². The molecule has 0 N–H and O–H groups in total. The van der Waals surface area contributed by atoms with Gasteiger partial charge in [-0.2, -0.15) is 0 Å². The molecule has 9 heavy (non-hydrogen) atoms. The summed E-state index contributed by atoms with van der Waals surface area (Å²) in [4.78, 5) is 0. The highest BCUT2D eigenvalue weighted by atomic mass is 35.5. The average Bonchev–Trinajstić information content (AvgIpc) is 1.80. The van der Waals surface area contributed by atoms with Crippen molar-refractivity contribution in [3.63, 3.8) is 0 Å². The molecule has 0 nitrogen and oxygen atoms in total. The van der Waals surface area contributed by atoms with E-state index in [0.717, 1.165) is 5.57 Å². The summed E-state index contributed by atoms with van der Waals surface area (Å²) in [6.07, 6.45) is 5.43. The Morgan fingerprint density at radius 1 is 1.56 bits per heavy atom. The van der Waals surface area contributed by atoms with Crippen molar-refractivity contribution in [1.29, 1.82) is 0 Å². The zero-order valence-corrected chi connectivity index (χ0v) is 6.28. The van der Waals surface area contributed by atoms with Crippen LogP contribution < -0.4 is 0 Å². The van der Waals surface area contributed by atoms with E-state index in [0.29, 0.717) is 5.03 Å². The number of hydrogen-bond acceptors (Lipinski definition) is 0. The summed E-state index contributed by atoms with van der Waals surface area (Å²) in [5.74, 6) is 0. The fraction of sp³-hybridized carbons (Fsp3) is 0.143. The van der Waals surface area contributed by atoms with Crippen molar-refractivity contribution in [2.45, 2.75) is 5.38 Å². The maximum Gasteiger partial charge on any atom is 0.0875 e. The van der Waals surface area contributed by atoms with Gasteiger partial charge in [0.15, 0.2) is 0 Å². The second-order valence-electron chi connectivity index (χ2n) is 1.87. The fourth-order valence-electron chi connectivity index (χ4n) is 0.605. The summed E-state index contributed by atoms with van der Waals surface area (Å²) in [6.45, 7) is 3.69. The minimum Gasteiger partial charge on any atom is -0.112 e. The molecule has 0 bridgehead atoms. The Labute approximate surface area is 64.5 Å². The predicted molar refractivity (Wildman–Crippen MR) is 41.9 cm³/mol. The largest absolute Gasteiger partial charge is 0.112 e. The molecule has 0 saturated heterocycles. The third-order valence-corrected chi connectivity index (χ3v) is 1.90. The number of alkyl halides is 1. The second kappa shape index (κ2) is 2.59. The molecular formula is C7H6Cl2. The Balaban J connectivity index is 2.82. The van der Waals surface area contributed by atoms with E-state index < -0.39 is 0 Å². The molecule has 0 aliphatic heterocycles. The molecule has 1 unspecified atom stereocenters. The lowest BCUT2D eigenvalue weighted by Gasteiger charge is -2.06. The fourth-order valence-corrected chi connectivity index (χ4v) is 0.953. The smallest absolute Gasteiger partial charge is 0.0875 e. The van der Waals surface area contributed by atoms with E-state index in [1.54, 1.807) is 6.08 Å². The van der Waals surface area contributed by atoms with Crippen LogP contribution in [0.25, 0.3) is 0 Å². The highest BCUT2D eigenvalue weighted by molar-refractivity contribution is 6.38. The molecule has 0 heterocycles. The SMILES string of the molecule is C=C1C=CC(Cl)C(Cl)=C1. The molecular weight excluding hydrogens is 155 g/mol. The van der Waals surface area contributed by atoms with Gasteiger partial charge in [-0.3, -0.25) is 0 Å². The first-order chi connectivity index (χ1) is 4.20. The standard InChI is InChI=1S/C7H6Cl2/c1-5-2-3-6(8)7(9)4-5/h2-4,6H,1H2. The van der Waals surface area contributed by atoms with Crippen LogP contribution in [0.2, 0.25) is 0 Å². The van der Waals surface area contributed by atoms with Crippen molar-refractivity contribution in [3.05, 3.63) is 35.4 Å². The highest BCUT2D eigenvalue weighted by Crippen LogP contribution is 2.22. The third-order valence-electron chi connectivity index (χ3n) is 1.07. The molecule has 48 valence electrons. The molecule has 0 spiro atoms. The average molecular weight is 161 g/mol. The first-order valence-corrected chi connectivity index (χ1v) is 3.40. The predicted octanol–water partition coefficient (Wildman–Crippen LogP) is 2.84. The van der Waals surface area contributed by atoms with Crippen LogP contribution in [0.3, 0.4) is 0 Å². The van der Waals surface area contributed by atoms with Crippen LogP contribution in [0.4, 0.5) is 0 Å². The number of rotatable bonds is 0. The normalized spacial score (nSPS) is 26.2. The van der Waals surface area contributed by atoms with Gasteiger partial charge in [-0.15, -0.1) is 11.6 Å². The van der Waals surface area contributed by atoms with Crippen molar-refractivity contribution in [2.75, 3.05) is 0 Å². The van der Waals surface area contributed by atoms with Crippen molar-refractivity contribution in [1.82, 2.24) is 0 Å². The molecule has 0 fully saturated rings. The Bertz CT molecular complexity index is 189. The Hall–Kier alpha value is -0.200. The van der Waals surface area contributed by atoms with Gasteiger partial charge in [0.2, 0.25) is 0 Å². The minimum absolute atomic E-state index is 0.155. The molecule has 2 heteroatoms. The first kappa shape index (κ1) is 6.91. The Kier molecular flexibility index (Phi) is 1.99. The maximum absolute atomic E-state index is 5.70. The molecule has 1 atom stereocenters. The van der Waals surface area contributed by atoms with Gasteiger partial charge in [0, 0.05) is 5.03 Å². The summed E-state index contributed by atoms with van der Waals surface area (Å²) in [5, 5.41) is 0.487. The highest BCUT2D eigenvalue weighted by Gasteiger charge is 2.07. The Morgan fingerprint density at radius 3 is 2.67 bits per heavy atom. The number of allylic oxidation sites excluding steroid dienone is 5. The summed E-state index contributed by atoms with van der Waals surface area (Å²) in [5.41, 5.74) is 0.900. The van der Waals surface area contributed by atoms with E-state index in [1.165, 1.54) is 0 Å². The van der Waals surface area contributed by atoms with E-state index in [1.807, 2.05) is 12.2 Å². The lowest BCUT2D eigenvalue weighted by molar-refractivity contribution is 1.31. The van der Waals surface area contributed by atoms with Crippen molar-refractivity contribution in [3.8, 4) is 0 Å². The molecule has 1 aliphatic rings. The molecule has 1 rings (SSSR count).